The second-order valence-electron chi connectivity index (χ2n) is 3.15. The van der Waals surface area contributed by atoms with Crippen LogP contribution in [0.1, 0.15) is 6.92 Å². The normalized spacial score (nSPS) is 11.8. The third-order valence-electron chi connectivity index (χ3n) is 1.87. The van der Waals surface area contributed by atoms with Crippen LogP contribution < -0.4 is 10.0 Å². The fourth-order valence-corrected chi connectivity index (χ4v) is 2.31. The summed E-state index contributed by atoms with van der Waals surface area (Å²) >= 11 is 0. The molecule has 8 heteroatoms. The first-order valence-corrected chi connectivity index (χ1v) is 6.41. The number of sulfonamides is 1. The van der Waals surface area contributed by atoms with Crippen molar-refractivity contribution in [1.82, 2.24) is 9.71 Å². The fourth-order valence-electron chi connectivity index (χ4n) is 1.18. The Morgan fingerprint density at radius 1 is 1.47 bits per heavy atom. The van der Waals surface area contributed by atoms with Gasteiger partial charge in [-0.2, -0.15) is 0 Å². The van der Waals surface area contributed by atoms with Gasteiger partial charge < -0.3 is 5.32 Å². The Hall–Kier alpha value is -1.28. The molecule has 0 aliphatic rings. The molecule has 0 amide bonds. The molecule has 0 unspecified atom stereocenters. The maximum absolute atomic E-state index is 12.0. The number of halogens is 2. The highest BCUT2D eigenvalue weighted by atomic mass is 32.2. The first kappa shape index (κ1) is 13.8. The van der Waals surface area contributed by atoms with Gasteiger partial charge in [0.15, 0.2) is 0 Å². The highest BCUT2D eigenvalue weighted by Crippen LogP contribution is 2.18. The van der Waals surface area contributed by atoms with Crippen LogP contribution in [0, 0.1) is 0 Å². The van der Waals surface area contributed by atoms with Gasteiger partial charge >= 0.3 is 0 Å². The highest BCUT2D eigenvalue weighted by molar-refractivity contribution is 7.89. The lowest BCUT2D eigenvalue weighted by Crippen LogP contribution is -2.29. The molecule has 0 saturated heterocycles. The summed E-state index contributed by atoms with van der Waals surface area (Å²) in [6, 6.07) is 1.47. The average molecular weight is 265 g/mol. The van der Waals surface area contributed by atoms with Gasteiger partial charge in [0.1, 0.15) is 4.90 Å². The Morgan fingerprint density at radius 2 is 2.18 bits per heavy atom. The van der Waals surface area contributed by atoms with Crippen LogP contribution in [-0.4, -0.2) is 32.9 Å². The zero-order chi connectivity index (χ0) is 12.9. The van der Waals surface area contributed by atoms with Crippen molar-refractivity contribution in [3.05, 3.63) is 18.5 Å². The zero-order valence-corrected chi connectivity index (χ0v) is 9.97. The number of alkyl halides is 2. The van der Waals surface area contributed by atoms with Crippen LogP contribution in [0.25, 0.3) is 0 Å². The van der Waals surface area contributed by atoms with Crippen molar-refractivity contribution >= 4 is 15.7 Å². The van der Waals surface area contributed by atoms with Crippen LogP contribution in [0.15, 0.2) is 23.4 Å². The standard InChI is InChI=1S/C9H13F2N3O2S/c1-2-13-7-3-4-12-5-8(7)17(15,16)14-6-9(10)11/h3-5,9,14H,2,6H2,1H3,(H,12,13). The summed E-state index contributed by atoms with van der Waals surface area (Å²) in [7, 11) is -3.96. The van der Waals surface area contributed by atoms with Crippen molar-refractivity contribution in [3.63, 3.8) is 0 Å². The van der Waals surface area contributed by atoms with E-state index in [1.807, 2.05) is 4.72 Å². The number of nitrogens with one attached hydrogen (secondary N) is 2. The van der Waals surface area contributed by atoms with Gasteiger partial charge in [-0.05, 0) is 13.0 Å². The number of hydrogen-bond donors (Lipinski definition) is 2. The number of nitrogens with zero attached hydrogens (tertiary/aromatic N) is 1. The van der Waals surface area contributed by atoms with Crippen LogP contribution in [0.2, 0.25) is 0 Å². The molecule has 2 N–H and O–H groups in total. The second kappa shape index (κ2) is 5.87. The van der Waals surface area contributed by atoms with E-state index >= 15 is 0 Å². The number of hydrogen-bond acceptors (Lipinski definition) is 4. The van der Waals surface area contributed by atoms with Crippen molar-refractivity contribution in [2.75, 3.05) is 18.4 Å². The topological polar surface area (TPSA) is 71.1 Å². The van der Waals surface area contributed by atoms with Crippen LogP contribution >= 0.6 is 0 Å². The minimum absolute atomic E-state index is 0.137. The predicted molar refractivity (Wildman–Crippen MR) is 59.6 cm³/mol. The van der Waals surface area contributed by atoms with Gasteiger partial charge in [0.25, 0.3) is 6.43 Å². The van der Waals surface area contributed by atoms with Gasteiger partial charge in [0, 0.05) is 18.9 Å². The molecule has 0 fully saturated rings. The summed E-state index contributed by atoms with van der Waals surface area (Å²) in [4.78, 5) is 3.54. The molecule has 1 heterocycles. The van der Waals surface area contributed by atoms with E-state index in [0.29, 0.717) is 12.2 Å². The molecule has 0 saturated carbocycles. The van der Waals surface area contributed by atoms with Crippen molar-refractivity contribution in [2.24, 2.45) is 0 Å². The third-order valence-corrected chi connectivity index (χ3v) is 3.32. The van der Waals surface area contributed by atoms with Crippen molar-refractivity contribution < 1.29 is 17.2 Å². The molecule has 0 aliphatic carbocycles. The van der Waals surface area contributed by atoms with E-state index in [2.05, 4.69) is 10.3 Å². The SMILES string of the molecule is CCNc1ccncc1S(=O)(=O)NCC(F)F. The minimum Gasteiger partial charge on any atom is -0.384 e. The summed E-state index contributed by atoms with van der Waals surface area (Å²) < 4.78 is 49.2. The van der Waals surface area contributed by atoms with E-state index in [1.54, 1.807) is 6.92 Å². The fraction of sp³-hybridized carbons (Fsp3) is 0.444. The smallest absolute Gasteiger partial charge is 0.251 e. The summed E-state index contributed by atoms with van der Waals surface area (Å²) in [6.07, 6.45) is -0.195. The maximum Gasteiger partial charge on any atom is 0.251 e. The van der Waals surface area contributed by atoms with Gasteiger partial charge in [-0.1, -0.05) is 0 Å². The number of rotatable bonds is 6. The number of aromatic nitrogens is 1. The van der Waals surface area contributed by atoms with Gasteiger partial charge in [-0.3, -0.25) is 4.98 Å². The van der Waals surface area contributed by atoms with E-state index in [0.717, 1.165) is 6.20 Å². The monoisotopic (exact) mass is 265 g/mol. The first-order chi connectivity index (χ1) is 7.97. The maximum atomic E-state index is 12.0. The molecule has 0 aliphatic heterocycles. The average Bonchev–Trinajstić information content (AvgIpc) is 2.28. The molecule has 1 rings (SSSR count). The van der Waals surface area contributed by atoms with Crippen LogP contribution in [0.4, 0.5) is 14.5 Å². The Labute approximate surface area is 98.3 Å². The highest BCUT2D eigenvalue weighted by Gasteiger charge is 2.19. The van der Waals surface area contributed by atoms with Crippen LogP contribution in [0.5, 0.6) is 0 Å². The Bertz CT molecular complexity index is 465. The van der Waals surface area contributed by atoms with Gasteiger partial charge in [0.05, 0.1) is 12.2 Å². The molecule has 0 atom stereocenters. The number of pyridine rings is 1. The molecule has 0 aromatic carbocycles. The van der Waals surface area contributed by atoms with Crippen molar-refractivity contribution in [1.29, 1.82) is 0 Å². The summed E-state index contributed by atoms with van der Waals surface area (Å²) in [5, 5.41) is 2.82. The molecular weight excluding hydrogens is 252 g/mol. The largest absolute Gasteiger partial charge is 0.384 e. The van der Waals surface area contributed by atoms with Crippen LogP contribution in [0.3, 0.4) is 0 Å². The number of anilines is 1. The zero-order valence-electron chi connectivity index (χ0n) is 9.15. The molecule has 17 heavy (non-hydrogen) atoms. The van der Waals surface area contributed by atoms with E-state index in [4.69, 9.17) is 0 Å². The third kappa shape index (κ3) is 3.90. The van der Waals surface area contributed by atoms with E-state index in [-0.39, 0.29) is 4.90 Å². The summed E-state index contributed by atoms with van der Waals surface area (Å²) in [5.74, 6) is 0. The predicted octanol–water partition coefficient (Wildman–Crippen LogP) is 1.06. The molecule has 0 spiro atoms. The summed E-state index contributed by atoms with van der Waals surface area (Å²) in [5.41, 5.74) is 0.337. The van der Waals surface area contributed by atoms with Crippen molar-refractivity contribution in [3.8, 4) is 0 Å². The van der Waals surface area contributed by atoms with E-state index < -0.39 is 23.0 Å². The molecule has 1 aromatic rings. The lowest BCUT2D eigenvalue weighted by atomic mass is 10.4. The molecule has 5 nitrogen and oxygen atoms in total. The van der Waals surface area contributed by atoms with E-state index in [9.17, 15) is 17.2 Å². The molecular formula is C9H13F2N3O2S. The minimum atomic E-state index is -3.96. The lowest BCUT2D eigenvalue weighted by molar-refractivity contribution is 0.153. The van der Waals surface area contributed by atoms with Gasteiger partial charge in [-0.25, -0.2) is 21.9 Å². The molecule has 0 bridgehead atoms. The Balaban J connectivity index is 2.97. The summed E-state index contributed by atoms with van der Waals surface area (Å²) in [6.45, 7) is 1.40. The molecule has 96 valence electrons. The van der Waals surface area contributed by atoms with Gasteiger partial charge in [0.2, 0.25) is 10.0 Å². The molecule has 0 radical (unpaired) electrons. The first-order valence-electron chi connectivity index (χ1n) is 4.93. The van der Waals surface area contributed by atoms with Gasteiger partial charge in [-0.15, -0.1) is 0 Å². The lowest BCUT2D eigenvalue weighted by Gasteiger charge is -2.11. The van der Waals surface area contributed by atoms with E-state index in [1.165, 1.54) is 12.3 Å². The molecule has 1 aromatic heterocycles. The second-order valence-corrected chi connectivity index (χ2v) is 4.88. The van der Waals surface area contributed by atoms with Crippen molar-refractivity contribution in [2.45, 2.75) is 18.2 Å². The quantitative estimate of drug-likeness (QED) is 0.806. The Morgan fingerprint density at radius 3 is 2.76 bits per heavy atom. The Kier molecular flexibility index (Phi) is 4.76. The van der Waals surface area contributed by atoms with Crippen LogP contribution in [-0.2, 0) is 10.0 Å².